The standard InChI is InChI=1S/C17H19N3O3/c1-12-6-8-14(9-7-12)18-11-16(21)20-19-10-13-4-3-5-15(23-2)17(13)22/h3-10,18,22H,11H2,1-2H3,(H,20,21)/b19-10-. The summed E-state index contributed by atoms with van der Waals surface area (Å²) in [6.45, 7) is 2.10. The highest BCUT2D eigenvalue weighted by Crippen LogP contribution is 2.27. The van der Waals surface area contributed by atoms with Crippen LogP contribution in [0.3, 0.4) is 0 Å². The van der Waals surface area contributed by atoms with Crippen molar-refractivity contribution in [2.24, 2.45) is 5.10 Å². The van der Waals surface area contributed by atoms with Crippen LogP contribution in [0.2, 0.25) is 0 Å². The lowest BCUT2D eigenvalue weighted by atomic mass is 10.2. The Morgan fingerprint density at radius 2 is 2.00 bits per heavy atom. The van der Waals surface area contributed by atoms with E-state index in [0.717, 1.165) is 11.3 Å². The first kappa shape index (κ1) is 16.4. The number of hydrogen-bond acceptors (Lipinski definition) is 5. The van der Waals surface area contributed by atoms with E-state index in [1.54, 1.807) is 18.2 Å². The third kappa shape index (κ3) is 4.74. The molecule has 120 valence electrons. The van der Waals surface area contributed by atoms with E-state index in [0.29, 0.717) is 11.3 Å². The number of hydrogen-bond donors (Lipinski definition) is 3. The van der Waals surface area contributed by atoms with E-state index in [9.17, 15) is 9.90 Å². The molecule has 0 heterocycles. The molecule has 0 spiro atoms. The van der Waals surface area contributed by atoms with Crippen molar-refractivity contribution in [3.8, 4) is 11.5 Å². The number of amides is 1. The minimum Gasteiger partial charge on any atom is -0.504 e. The third-order valence-electron chi connectivity index (χ3n) is 3.15. The predicted molar refractivity (Wildman–Crippen MR) is 90.1 cm³/mol. The first-order valence-electron chi connectivity index (χ1n) is 7.08. The van der Waals surface area contributed by atoms with Crippen LogP contribution in [0, 0.1) is 6.92 Å². The summed E-state index contributed by atoms with van der Waals surface area (Å²) in [7, 11) is 1.47. The molecule has 23 heavy (non-hydrogen) atoms. The van der Waals surface area contributed by atoms with Crippen molar-refractivity contribution >= 4 is 17.8 Å². The number of methoxy groups -OCH3 is 1. The van der Waals surface area contributed by atoms with Crippen molar-refractivity contribution in [1.29, 1.82) is 0 Å². The molecular formula is C17H19N3O3. The molecule has 2 rings (SSSR count). The molecule has 0 atom stereocenters. The van der Waals surface area contributed by atoms with Gasteiger partial charge in [0.2, 0.25) is 0 Å². The Kier molecular flexibility index (Phi) is 5.57. The first-order chi connectivity index (χ1) is 11.1. The summed E-state index contributed by atoms with van der Waals surface area (Å²) < 4.78 is 5.00. The van der Waals surface area contributed by atoms with Crippen molar-refractivity contribution < 1.29 is 14.6 Å². The summed E-state index contributed by atoms with van der Waals surface area (Å²) in [5.41, 5.74) is 4.86. The lowest BCUT2D eigenvalue weighted by Crippen LogP contribution is -2.25. The largest absolute Gasteiger partial charge is 0.504 e. The number of anilines is 1. The van der Waals surface area contributed by atoms with Crippen molar-refractivity contribution in [3.63, 3.8) is 0 Å². The van der Waals surface area contributed by atoms with Gasteiger partial charge in [-0.2, -0.15) is 5.10 Å². The first-order valence-corrected chi connectivity index (χ1v) is 7.08. The molecule has 0 bridgehead atoms. The van der Waals surface area contributed by atoms with Gasteiger partial charge in [0.05, 0.1) is 19.9 Å². The number of carbonyl (C=O) groups is 1. The van der Waals surface area contributed by atoms with Gasteiger partial charge < -0.3 is 15.2 Å². The quantitative estimate of drug-likeness (QED) is 0.564. The second-order valence-electron chi connectivity index (χ2n) is 4.91. The average molecular weight is 313 g/mol. The lowest BCUT2D eigenvalue weighted by Gasteiger charge is -2.06. The topological polar surface area (TPSA) is 83.0 Å². The van der Waals surface area contributed by atoms with Gasteiger partial charge in [-0.05, 0) is 31.2 Å². The summed E-state index contributed by atoms with van der Waals surface area (Å²) in [5, 5.41) is 16.7. The number of hydrazone groups is 1. The van der Waals surface area contributed by atoms with Crippen LogP contribution < -0.4 is 15.5 Å². The van der Waals surface area contributed by atoms with Crippen molar-refractivity contribution in [2.45, 2.75) is 6.92 Å². The van der Waals surface area contributed by atoms with Crippen LogP contribution in [0.4, 0.5) is 5.69 Å². The zero-order valence-corrected chi connectivity index (χ0v) is 13.0. The Labute approximate surface area is 134 Å². The molecule has 0 aliphatic carbocycles. The number of aryl methyl sites for hydroxylation is 1. The number of benzene rings is 2. The second-order valence-corrected chi connectivity index (χ2v) is 4.91. The number of ether oxygens (including phenoxy) is 1. The van der Waals surface area contributed by atoms with Crippen LogP contribution in [-0.4, -0.2) is 30.9 Å². The van der Waals surface area contributed by atoms with E-state index in [2.05, 4.69) is 15.8 Å². The minimum atomic E-state index is -0.288. The number of nitrogens with one attached hydrogen (secondary N) is 2. The minimum absolute atomic E-state index is 0.0224. The number of phenols is 1. The van der Waals surface area contributed by atoms with Gasteiger partial charge in [0.1, 0.15) is 0 Å². The van der Waals surface area contributed by atoms with Crippen LogP contribution in [0.25, 0.3) is 0 Å². The predicted octanol–water partition coefficient (Wildman–Crippen LogP) is 2.27. The molecule has 6 nitrogen and oxygen atoms in total. The van der Waals surface area contributed by atoms with Crippen molar-refractivity contribution in [1.82, 2.24) is 5.43 Å². The maximum atomic E-state index is 11.7. The molecule has 3 N–H and O–H groups in total. The zero-order chi connectivity index (χ0) is 16.7. The van der Waals surface area contributed by atoms with Gasteiger partial charge >= 0.3 is 0 Å². The number of rotatable bonds is 6. The summed E-state index contributed by atoms with van der Waals surface area (Å²) in [4.78, 5) is 11.7. The van der Waals surface area contributed by atoms with Gasteiger partial charge in [-0.1, -0.05) is 23.8 Å². The van der Waals surface area contributed by atoms with E-state index in [1.807, 2.05) is 31.2 Å². The Morgan fingerprint density at radius 1 is 1.26 bits per heavy atom. The number of carbonyl (C=O) groups excluding carboxylic acids is 1. The Bertz CT molecular complexity index is 697. The molecule has 1 amide bonds. The van der Waals surface area contributed by atoms with Crippen LogP contribution >= 0.6 is 0 Å². The zero-order valence-electron chi connectivity index (χ0n) is 13.0. The van der Waals surface area contributed by atoms with E-state index in [1.165, 1.54) is 13.3 Å². The number of aromatic hydroxyl groups is 1. The van der Waals surface area contributed by atoms with E-state index in [4.69, 9.17) is 4.74 Å². The Balaban J connectivity index is 1.85. The fraction of sp³-hybridized carbons (Fsp3) is 0.176. The van der Waals surface area contributed by atoms with E-state index >= 15 is 0 Å². The molecule has 2 aromatic carbocycles. The van der Waals surface area contributed by atoms with E-state index in [-0.39, 0.29) is 18.2 Å². The maximum Gasteiger partial charge on any atom is 0.259 e. The fourth-order valence-corrected chi connectivity index (χ4v) is 1.88. The summed E-state index contributed by atoms with van der Waals surface area (Å²) >= 11 is 0. The van der Waals surface area contributed by atoms with Gasteiger partial charge in [0, 0.05) is 11.3 Å². The molecule has 0 fully saturated rings. The van der Waals surface area contributed by atoms with Crippen molar-refractivity contribution in [3.05, 3.63) is 53.6 Å². The van der Waals surface area contributed by atoms with Gasteiger partial charge in [0.25, 0.3) is 5.91 Å². The highest BCUT2D eigenvalue weighted by molar-refractivity contribution is 5.87. The monoisotopic (exact) mass is 313 g/mol. The Hall–Kier alpha value is -3.02. The molecule has 0 saturated heterocycles. The summed E-state index contributed by atoms with van der Waals surface area (Å²) in [6, 6.07) is 12.8. The molecule has 0 aromatic heterocycles. The van der Waals surface area contributed by atoms with Crippen LogP contribution in [0.1, 0.15) is 11.1 Å². The molecule has 2 aromatic rings. The highest BCUT2D eigenvalue weighted by Gasteiger charge is 2.05. The smallest absolute Gasteiger partial charge is 0.259 e. The molecule has 0 aliphatic rings. The van der Waals surface area contributed by atoms with Crippen LogP contribution in [0.15, 0.2) is 47.6 Å². The second kappa shape index (κ2) is 7.84. The molecule has 0 saturated carbocycles. The molecule has 6 heteroatoms. The molecule has 0 aliphatic heterocycles. The maximum absolute atomic E-state index is 11.7. The molecule has 0 unspecified atom stereocenters. The lowest BCUT2D eigenvalue weighted by molar-refractivity contribution is -0.119. The summed E-state index contributed by atoms with van der Waals surface area (Å²) in [5.74, 6) is 0.0382. The summed E-state index contributed by atoms with van der Waals surface area (Å²) in [6.07, 6.45) is 1.36. The van der Waals surface area contributed by atoms with Gasteiger partial charge in [-0.15, -0.1) is 0 Å². The van der Waals surface area contributed by atoms with Gasteiger partial charge in [0.15, 0.2) is 11.5 Å². The molecule has 0 radical (unpaired) electrons. The number of para-hydroxylation sites is 1. The Morgan fingerprint density at radius 3 is 2.70 bits per heavy atom. The normalized spacial score (nSPS) is 10.5. The number of phenolic OH excluding ortho intramolecular Hbond substituents is 1. The van der Waals surface area contributed by atoms with Crippen LogP contribution in [0.5, 0.6) is 11.5 Å². The van der Waals surface area contributed by atoms with Gasteiger partial charge in [-0.3, -0.25) is 4.79 Å². The van der Waals surface area contributed by atoms with Gasteiger partial charge in [-0.25, -0.2) is 5.43 Å². The average Bonchev–Trinajstić information content (AvgIpc) is 2.56. The fourth-order valence-electron chi connectivity index (χ4n) is 1.88. The SMILES string of the molecule is COc1cccc(/C=N\NC(=O)CNc2ccc(C)cc2)c1O. The van der Waals surface area contributed by atoms with Crippen molar-refractivity contribution in [2.75, 3.05) is 19.0 Å². The highest BCUT2D eigenvalue weighted by atomic mass is 16.5. The third-order valence-corrected chi connectivity index (χ3v) is 3.15. The van der Waals surface area contributed by atoms with Crippen LogP contribution in [-0.2, 0) is 4.79 Å². The van der Waals surface area contributed by atoms with E-state index < -0.39 is 0 Å². The molecular weight excluding hydrogens is 294 g/mol. The number of nitrogens with zero attached hydrogens (tertiary/aromatic N) is 1.